The highest BCUT2D eigenvalue weighted by Gasteiger charge is 2.40. The number of hydrogen-bond acceptors (Lipinski definition) is 10. The lowest BCUT2D eigenvalue weighted by Crippen LogP contribution is -2.52. The zero-order valence-electron chi connectivity index (χ0n) is 30.2. The van der Waals surface area contributed by atoms with E-state index in [9.17, 15) is 36.0 Å². The molecule has 5 heterocycles. The van der Waals surface area contributed by atoms with Gasteiger partial charge in [-0.3, -0.25) is 24.6 Å². The van der Waals surface area contributed by atoms with Crippen molar-refractivity contribution in [3.8, 4) is 0 Å². The zero-order valence-corrected chi connectivity index (χ0v) is 31.0. The molecule has 3 aromatic rings. The minimum absolute atomic E-state index is 0.0614. The Labute approximate surface area is 316 Å². The van der Waals surface area contributed by atoms with Crippen molar-refractivity contribution in [2.24, 2.45) is 5.92 Å². The number of fused-ring (bicyclic) bond motifs is 1. The number of hydrogen-bond donors (Lipinski definition) is 2. The Bertz CT molecular complexity index is 2050. The Morgan fingerprint density at radius 1 is 0.964 bits per heavy atom. The first-order chi connectivity index (χ1) is 26.2. The summed E-state index contributed by atoms with van der Waals surface area (Å²) in [5.41, 5.74) is 1.26. The summed E-state index contributed by atoms with van der Waals surface area (Å²) in [5.74, 6) is -1.53. The van der Waals surface area contributed by atoms with Gasteiger partial charge in [-0.1, -0.05) is 19.1 Å². The SMILES string of the molecule is CC(Cc1cccc(S(=O)(=O)N2CCC(Nc3ncc(C(F)(F)F)cn3)CC2)c1)CN1CCN(c2cc3c(cc2F)C(=O)N(C2CCC(=O)NC2=O)C3)CC1. The maximum absolute atomic E-state index is 15.4. The molecule has 13 nitrogen and oxygen atoms in total. The van der Waals surface area contributed by atoms with E-state index in [-0.39, 0.29) is 66.8 Å². The van der Waals surface area contributed by atoms with Crippen LogP contribution in [0.2, 0.25) is 0 Å². The van der Waals surface area contributed by atoms with E-state index in [4.69, 9.17) is 0 Å². The van der Waals surface area contributed by atoms with E-state index >= 15 is 4.39 Å². The molecule has 2 N–H and O–H groups in total. The summed E-state index contributed by atoms with van der Waals surface area (Å²) in [7, 11) is -3.77. The minimum Gasteiger partial charge on any atom is -0.367 e. The van der Waals surface area contributed by atoms with Crippen LogP contribution in [0.15, 0.2) is 53.7 Å². The number of aromatic nitrogens is 2. The average molecular weight is 787 g/mol. The molecular weight excluding hydrogens is 745 g/mol. The van der Waals surface area contributed by atoms with Gasteiger partial charge in [0.2, 0.25) is 27.8 Å². The monoisotopic (exact) mass is 786 g/mol. The van der Waals surface area contributed by atoms with Crippen LogP contribution in [0.1, 0.15) is 59.7 Å². The quantitative estimate of drug-likeness (QED) is 0.231. The van der Waals surface area contributed by atoms with E-state index < -0.39 is 45.4 Å². The van der Waals surface area contributed by atoms with Gasteiger partial charge in [0.25, 0.3) is 5.91 Å². The molecule has 1 aromatic heterocycles. The maximum atomic E-state index is 15.4. The number of carbonyl (C=O) groups excluding carboxylic acids is 3. The molecule has 2 aromatic carbocycles. The molecule has 55 heavy (non-hydrogen) atoms. The molecule has 7 rings (SSSR count). The smallest absolute Gasteiger partial charge is 0.367 e. The van der Waals surface area contributed by atoms with Gasteiger partial charge in [0.1, 0.15) is 11.9 Å². The van der Waals surface area contributed by atoms with E-state index in [1.807, 2.05) is 11.0 Å². The van der Waals surface area contributed by atoms with Gasteiger partial charge in [-0.25, -0.2) is 22.8 Å². The fourth-order valence-electron chi connectivity index (χ4n) is 7.85. The highest BCUT2D eigenvalue weighted by molar-refractivity contribution is 7.89. The van der Waals surface area contributed by atoms with Crippen LogP contribution in [0.25, 0.3) is 0 Å². The number of anilines is 2. The van der Waals surface area contributed by atoms with Gasteiger partial charge < -0.3 is 15.1 Å². The molecule has 0 bridgehead atoms. The lowest BCUT2D eigenvalue weighted by Gasteiger charge is -2.37. The summed E-state index contributed by atoms with van der Waals surface area (Å²) in [5, 5.41) is 5.29. The van der Waals surface area contributed by atoms with Gasteiger partial charge in [0.15, 0.2) is 0 Å². The molecule has 0 radical (unpaired) electrons. The van der Waals surface area contributed by atoms with Crippen molar-refractivity contribution in [2.45, 2.75) is 68.7 Å². The van der Waals surface area contributed by atoms with Gasteiger partial charge >= 0.3 is 6.18 Å². The first-order valence-electron chi connectivity index (χ1n) is 18.3. The third-order valence-corrected chi connectivity index (χ3v) is 12.7. The van der Waals surface area contributed by atoms with Gasteiger partial charge in [-0.2, -0.15) is 17.5 Å². The molecule has 0 saturated carbocycles. The molecule has 4 aliphatic rings. The van der Waals surface area contributed by atoms with Crippen LogP contribution in [0.3, 0.4) is 0 Å². The topological polar surface area (TPSA) is 148 Å². The predicted octanol–water partition coefficient (Wildman–Crippen LogP) is 3.66. The van der Waals surface area contributed by atoms with Crippen LogP contribution in [0, 0.1) is 11.7 Å². The van der Waals surface area contributed by atoms with Gasteiger partial charge in [-0.05, 0) is 67.0 Å². The number of nitrogens with zero attached hydrogens (tertiary/aromatic N) is 6. The number of rotatable bonds is 10. The van der Waals surface area contributed by atoms with E-state index in [2.05, 4.69) is 32.4 Å². The van der Waals surface area contributed by atoms with E-state index in [1.54, 1.807) is 24.3 Å². The van der Waals surface area contributed by atoms with Crippen LogP contribution in [-0.2, 0) is 38.8 Å². The zero-order chi connectivity index (χ0) is 39.1. The molecule has 294 valence electrons. The highest BCUT2D eigenvalue weighted by atomic mass is 32.2. The first kappa shape index (κ1) is 38.6. The lowest BCUT2D eigenvalue weighted by atomic mass is 10.0. The standard InChI is InChI=1S/C37H42F4N8O5S/c1-23(15-24-3-2-4-28(16-24)55(53,54)48-9-7-27(8-10-48)44-36-42-19-26(20-43-36)37(39,40)41)21-46-11-13-47(14-12-46)32-17-25-22-49(35(52)29(25)18-30(32)38)31-5-6-33(50)45-34(31)51/h2-4,16-20,23,27,31H,5-15,21-22H2,1H3,(H,42,43,44)(H,45,50,51). The fourth-order valence-corrected chi connectivity index (χ4v) is 9.39. The number of piperidine rings is 2. The average Bonchev–Trinajstić information content (AvgIpc) is 3.46. The number of carbonyl (C=O) groups is 3. The van der Waals surface area contributed by atoms with E-state index in [0.29, 0.717) is 56.7 Å². The summed E-state index contributed by atoms with van der Waals surface area (Å²) < 4.78 is 82.5. The fraction of sp³-hybridized carbons (Fsp3) is 0.486. The van der Waals surface area contributed by atoms with Crippen molar-refractivity contribution in [2.75, 3.05) is 56.0 Å². The van der Waals surface area contributed by atoms with Gasteiger partial charge in [-0.15, -0.1) is 0 Å². The highest BCUT2D eigenvalue weighted by Crippen LogP contribution is 2.33. The number of halogens is 4. The summed E-state index contributed by atoms with van der Waals surface area (Å²) in [6, 6.07) is 8.96. The molecule has 4 aliphatic heterocycles. The van der Waals surface area contributed by atoms with Gasteiger partial charge in [0, 0.05) is 82.8 Å². The van der Waals surface area contributed by atoms with Crippen molar-refractivity contribution in [3.05, 3.63) is 76.9 Å². The number of sulfonamides is 1. The Kier molecular flexibility index (Phi) is 10.8. The largest absolute Gasteiger partial charge is 0.419 e. The Balaban J connectivity index is 0.889. The Hall–Kier alpha value is -4.68. The van der Waals surface area contributed by atoms with Crippen LogP contribution in [0.4, 0.5) is 29.2 Å². The van der Waals surface area contributed by atoms with E-state index in [1.165, 1.54) is 15.3 Å². The molecule has 0 aliphatic carbocycles. The van der Waals surface area contributed by atoms with Crippen molar-refractivity contribution < 1.29 is 40.4 Å². The summed E-state index contributed by atoms with van der Waals surface area (Å²) in [4.78, 5) is 50.5. The predicted molar refractivity (Wildman–Crippen MR) is 193 cm³/mol. The molecule has 3 saturated heterocycles. The van der Waals surface area contributed by atoms with Crippen molar-refractivity contribution in [1.29, 1.82) is 0 Å². The molecular formula is C37H42F4N8O5S. The van der Waals surface area contributed by atoms with Crippen molar-refractivity contribution in [1.82, 2.24) is 29.4 Å². The maximum Gasteiger partial charge on any atom is 0.419 e. The van der Waals surface area contributed by atoms with Crippen molar-refractivity contribution in [3.63, 3.8) is 0 Å². The Morgan fingerprint density at radius 2 is 1.67 bits per heavy atom. The second kappa shape index (κ2) is 15.5. The number of piperazine rings is 1. The lowest BCUT2D eigenvalue weighted by molar-refractivity contribution is -0.138. The molecule has 18 heteroatoms. The summed E-state index contributed by atoms with van der Waals surface area (Å²) in [6.45, 7) is 6.04. The second-order valence-corrected chi connectivity index (χ2v) is 16.7. The second-order valence-electron chi connectivity index (χ2n) is 14.7. The first-order valence-corrected chi connectivity index (χ1v) is 19.8. The molecule has 3 fully saturated rings. The number of alkyl halides is 3. The van der Waals surface area contributed by atoms with Gasteiger partial charge in [0.05, 0.1) is 16.1 Å². The number of benzene rings is 2. The molecule has 2 atom stereocenters. The number of amides is 3. The van der Waals surface area contributed by atoms with E-state index in [0.717, 1.165) is 24.5 Å². The minimum atomic E-state index is -4.53. The van der Waals surface area contributed by atoms with Crippen LogP contribution < -0.4 is 15.5 Å². The molecule has 0 spiro atoms. The third kappa shape index (κ3) is 8.45. The number of imide groups is 1. The summed E-state index contributed by atoms with van der Waals surface area (Å²) >= 11 is 0. The summed E-state index contributed by atoms with van der Waals surface area (Å²) in [6.07, 6.45) is -1.18. The normalized spacial score (nSPS) is 21.1. The molecule has 2 unspecified atom stereocenters. The Morgan fingerprint density at radius 3 is 2.35 bits per heavy atom. The number of nitrogens with one attached hydrogen (secondary N) is 2. The van der Waals surface area contributed by atoms with Crippen LogP contribution >= 0.6 is 0 Å². The van der Waals surface area contributed by atoms with Crippen LogP contribution in [-0.4, -0.2) is 108 Å². The van der Waals surface area contributed by atoms with Crippen LogP contribution in [0.5, 0.6) is 0 Å². The molecule has 3 amide bonds. The van der Waals surface area contributed by atoms with Crippen molar-refractivity contribution >= 4 is 39.4 Å². The third-order valence-electron chi connectivity index (χ3n) is 10.8.